The molecule has 3 aliphatic rings. The molecule has 0 aromatic carbocycles. The molecule has 6 heteroatoms. The van der Waals surface area contributed by atoms with Crippen molar-refractivity contribution in [1.29, 1.82) is 0 Å². The van der Waals surface area contributed by atoms with Crippen molar-refractivity contribution in [1.82, 2.24) is 19.7 Å². The number of hydrogen-bond donors (Lipinski definition) is 0. The number of rotatable bonds is 2. The predicted molar refractivity (Wildman–Crippen MR) is 91.5 cm³/mol. The molecular weight excluding hydrogens is 308 g/mol. The van der Waals surface area contributed by atoms with Crippen LogP contribution in [0.2, 0.25) is 0 Å². The highest BCUT2D eigenvalue weighted by Crippen LogP contribution is 2.39. The van der Waals surface area contributed by atoms with Crippen LogP contribution in [-0.2, 0) is 6.54 Å². The molecule has 0 N–H and O–H groups in total. The maximum Gasteiger partial charge on any atom is 0.320 e. The third-order valence-corrected chi connectivity index (χ3v) is 6.43. The maximum absolute atomic E-state index is 12.6. The van der Waals surface area contributed by atoms with E-state index >= 15 is 0 Å². The summed E-state index contributed by atoms with van der Waals surface area (Å²) in [5.41, 5.74) is 0.324. The van der Waals surface area contributed by atoms with Gasteiger partial charge in [-0.05, 0) is 38.6 Å². The Balaban J connectivity index is 1.37. The normalized spacial score (nSPS) is 28.9. The van der Waals surface area contributed by atoms with Crippen LogP contribution in [0.15, 0.2) is 11.6 Å². The molecule has 3 aliphatic heterocycles. The first-order chi connectivity index (χ1) is 11.2. The summed E-state index contributed by atoms with van der Waals surface area (Å²) in [6, 6.07) is 0.288. The zero-order valence-corrected chi connectivity index (χ0v) is 14.6. The number of amides is 2. The fourth-order valence-corrected chi connectivity index (χ4v) is 5.16. The summed E-state index contributed by atoms with van der Waals surface area (Å²) in [6.07, 6.45) is 7.92. The number of aromatic nitrogens is 1. The van der Waals surface area contributed by atoms with E-state index in [1.807, 2.05) is 6.20 Å². The first-order valence-corrected chi connectivity index (χ1v) is 9.77. The lowest BCUT2D eigenvalue weighted by Crippen LogP contribution is -2.46. The molecule has 0 aliphatic carbocycles. The van der Waals surface area contributed by atoms with Crippen molar-refractivity contribution in [2.45, 2.75) is 38.6 Å². The van der Waals surface area contributed by atoms with Crippen LogP contribution in [-0.4, -0.2) is 65.0 Å². The number of urea groups is 1. The molecular formula is C17H26N4OS. The van der Waals surface area contributed by atoms with E-state index in [9.17, 15) is 4.79 Å². The van der Waals surface area contributed by atoms with E-state index in [4.69, 9.17) is 0 Å². The quantitative estimate of drug-likeness (QED) is 0.835. The Hall–Kier alpha value is -1.14. The molecule has 4 heterocycles. The van der Waals surface area contributed by atoms with E-state index in [0.717, 1.165) is 39.3 Å². The van der Waals surface area contributed by atoms with Crippen LogP contribution in [0.5, 0.6) is 0 Å². The molecule has 1 spiro atoms. The van der Waals surface area contributed by atoms with Crippen molar-refractivity contribution >= 4 is 17.4 Å². The highest BCUT2D eigenvalue weighted by atomic mass is 32.1. The molecule has 0 saturated carbocycles. The van der Waals surface area contributed by atoms with Crippen LogP contribution in [0, 0.1) is 5.41 Å². The molecule has 1 aromatic heterocycles. The molecule has 0 bridgehead atoms. The Morgan fingerprint density at radius 3 is 2.74 bits per heavy atom. The van der Waals surface area contributed by atoms with E-state index in [0.29, 0.717) is 5.41 Å². The van der Waals surface area contributed by atoms with Crippen molar-refractivity contribution < 1.29 is 4.79 Å². The third-order valence-electron chi connectivity index (χ3n) is 5.67. The lowest BCUT2D eigenvalue weighted by Gasteiger charge is -2.40. The van der Waals surface area contributed by atoms with Gasteiger partial charge in [-0.3, -0.25) is 4.90 Å². The third kappa shape index (κ3) is 3.24. The number of thiazole rings is 1. The van der Waals surface area contributed by atoms with Gasteiger partial charge in [0.1, 0.15) is 5.01 Å². The Kier molecular flexibility index (Phi) is 4.28. The minimum atomic E-state index is 0.288. The molecule has 5 nitrogen and oxygen atoms in total. The summed E-state index contributed by atoms with van der Waals surface area (Å²) in [5, 5.41) is 3.27. The fourth-order valence-electron chi connectivity index (χ4n) is 4.51. The smallest absolute Gasteiger partial charge is 0.320 e. The minimum Gasteiger partial charge on any atom is -0.325 e. The van der Waals surface area contributed by atoms with Crippen LogP contribution in [0.25, 0.3) is 0 Å². The summed E-state index contributed by atoms with van der Waals surface area (Å²) >= 11 is 1.75. The second-order valence-electron chi connectivity index (χ2n) is 7.39. The van der Waals surface area contributed by atoms with Gasteiger partial charge in [0.25, 0.3) is 0 Å². The summed E-state index contributed by atoms with van der Waals surface area (Å²) < 4.78 is 0. The largest absolute Gasteiger partial charge is 0.325 e. The average molecular weight is 334 g/mol. The van der Waals surface area contributed by atoms with Gasteiger partial charge in [0, 0.05) is 49.7 Å². The molecule has 4 rings (SSSR count). The van der Waals surface area contributed by atoms with Crippen molar-refractivity contribution in [3.8, 4) is 0 Å². The predicted octanol–water partition coefficient (Wildman–Crippen LogP) is 2.65. The second-order valence-corrected chi connectivity index (χ2v) is 8.37. The first-order valence-electron chi connectivity index (χ1n) is 8.89. The Morgan fingerprint density at radius 2 is 1.96 bits per heavy atom. The summed E-state index contributed by atoms with van der Waals surface area (Å²) in [4.78, 5) is 23.8. The maximum atomic E-state index is 12.6. The highest BCUT2D eigenvalue weighted by Gasteiger charge is 2.43. The van der Waals surface area contributed by atoms with Gasteiger partial charge in [-0.15, -0.1) is 11.3 Å². The van der Waals surface area contributed by atoms with Gasteiger partial charge in [-0.1, -0.05) is 0 Å². The number of hydrogen-bond acceptors (Lipinski definition) is 4. The fraction of sp³-hybridized carbons (Fsp3) is 0.765. The minimum absolute atomic E-state index is 0.288. The zero-order chi connectivity index (χ0) is 15.7. The molecule has 0 radical (unpaired) electrons. The van der Waals surface area contributed by atoms with Crippen molar-refractivity contribution in [3.63, 3.8) is 0 Å². The Morgan fingerprint density at radius 1 is 1.09 bits per heavy atom. The SMILES string of the molecule is O=C(N1CCCC1)N1CC[C@]2(CCCN(Cc3nccs3)C2)C1. The van der Waals surface area contributed by atoms with Gasteiger partial charge in [-0.25, -0.2) is 9.78 Å². The van der Waals surface area contributed by atoms with Gasteiger partial charge in [0.2, 0.25) is 0 Å². The van der Waals surface area contributed by atoms with Gasteiger partial charge in [-0.2, -0.15) is 0 Å². The van der Waals surface area contributed by atoms with Crippen LogP contribution in [0.4, 0.5) is 4.79 Å². The molecule has 23 heavy (non-hydrogen) atoms. The van der Waals surface area contributed by atoms with E-state index in [-0.39, 0.29) is 6.03 Å². The van der Waals surface area contributed by atoms with Crippen molar-refractivity contribution in [2.75, 3.05) is 39.3 Å². The molecule has 1 aromatic rings. The van der Waals surface area contributed by atoms with E-state index in [1.54, 1.807) is 11.3 Å². The number of carbonyl (C=O) groups is 1. The molecule has 0 unspecified atom stereocenters. The lowest BCUT2D eigenvalue weighted by atomic mass is 9.79. The van der Waals surface area contributed by atoms with Gasteiger partial charge < -0.3 is 9.80 Å². The van der Waals surface area contributed by atoms with Crippen molar-refractivity contribution in [2.24, 2.45) is 5.41 Å². The molecule has 126 valence electrons. The number of piperidine rings is 1. The highest BCUT2D eigenvalue weighted by molar-refractivity contribution is 7.09. The molecule has 2 amide bonds. The van der Waals surface area contributed by atoms with Crippen LogP contribution < -0.4 is 0 Å². The van der Waals surface area contributed by atoms with E-state index in [2.05, 4.69) is 25.1 Å². The van der Waals surface area contributed by atoms with E-state index in [1.165, 1.54) is 43.7 Å². The standard InChI is InChI=1S/C17H26N4OS/c22-16(20-8-1-2-9-20)21-10-5-17(14-21)4-3-7-19(13-17)12-15-18-6-11-23-15/h6,11H,1-5,7-10,12-14H2/t17-/m0/s1. The Labute approximate surface area is 142 Å². The van der Waals surface area contributed by atoms with Crippen LogP contribution in [0.1, 0.15) is 37.1 Å². The average Bonchev–Trinajstić information content (AvgIpc) is 3.28. The van der Waals surface area contributed by atoms with E-state index < -0.39 is 0 Å². The number of likely N-dealkylation sites (tertiary alicyclic amines) is 3. The zero-order valence-electron chi connectivity index (χ0n) is 13.7. The van der Waals surface area contributed by atoms with Gasteiger partial charge >= 0.3 is 6.03 Å². The monoisotopic (exact) mass is 334 g/mol. The molecule has 1 atom stereocenters. The lowest BCUT2D eigenvalue weighted by molar-refractivity contribution is 0.0873. The van der Waals surface area contributed by atoms with Crippen LogP contribution >= 0.6 is 11.3 Å². The first kappa shape index (κ1) is 15.4. The number of carbonyl (C=O) groups excluding carboxylic acids is 1. The molecule has 3 saturated heterocycles. The second kappa shape index (κ2) is 6.40. The summed E-state index contributed by atoms with van der Waals surface area (Å²) in [6.45, 7) is 7.07. The topological polar surface area (TPSA) is 39.7 Å². The Bertz CT molecular complexity index is 543. The summed E-state index contributed by atoms with van der Waals surface area (Å²) in [7, 11) is 0. The van der Waals surface area contributed by atoms with Crippen LogP contribution in [0.3, 0.4) is 0 Å². The summed E-state index contributed by atoms with van der Waals surface area (Å²) in [5.74, 6) is 0. The van der Waals surface area contributed by atoms with Gasteiger partial charge in [0.15, 0.2) is 0 Å². The molecule has 3 fully saturated rings. The van der Waals surface area contributed by atoms with Crippen molar-refractivity contribution in [3.05, 3.63) is 16.6 Å². The van der Waals surface area contributed by atoms with Gasteiger partial charge in [0.05, 0.1) is 6.54 Å². The number of nitrogens with zero attached hydrogens (tertiary/aromatic N) is 4.